The monoisotopic (exact) mass is 412 g/mol. The molecule has 162 valence electrons. The van der Waals surface area contributed by atoms with E-state index in [9.17, 15) is 19.2 Å². The second kappa shape index (κ2) is 8.03. The first-order valence-electron chi connectivity index (χ1n) is 9.47. The first-order valence-corrected chi connectivity index (χ1v) is 9.47. The molecule has 12 nitrogen and oxygen atoms in total. The SMILES string of the molecule is CCN1C(=O)N(CN2CC(C)C(=O)N(C)C2=O)C2C1N(COC)C(=O)N2COC. The molecule has 12 heteroatoms. The van der Waals surface area contributed by atoms with Crippen molar-refractivity contribution in [1.82, 2.24) is 29.4 Å². The number of hydrogen-bond donors (Lipinski definition) is 0. The van der Waals surface area contributed by atoms with Crippen LogP contribution >= 0.6 is 0 Å². The Morgan fingerprint density at radius 2 is 1.38 bits per heavy atom. The van der Waals surface area contributed by atoms with Gasteiger partial charge in [0, 0.05) is 34.4 Å². The van der Waals surface area contributed by atoms with Crippen LogP contribution < -0.4 is 0 Å². The lowest BCUT2D eigenvalue weighted by atomic mass is 10.1. The third-order valence-electron chi connectivity index (χ3n) is 5.53. The highest BCUT2D eigenvalue weighted by Crippen LogP contribution is 2.35. The van der Waals surface area contributed by atoms with Gasteiger partial charge < -0.3 is 19.3 Å². The van der Waals surface area contributed by atoms with E-state index in [1.54, 1.807) is 11.8 Å². The van der Waals surface area contributed by atoms with E-state index in [1.165, 1.54) is 40.9 Å². The zero-order chi connectivity index (χ0) is 21.5. The van der Waals surface area contributed by atoms with E-state index in [1.807, 2.05) is 6.92 Å². The molecule has 29 heavy (non-hydrogen) atoms. The third-order valence-corrected chi connectivity index (χ3v) is 5.53. The fourth-order valence-corrected chi connectivity index (χ4v) is 4.20. The number of fused-ring (bicyclic) bond motifs is 1. The van der Waals surface area contributed by atoms with Crippen molar-refractivity contribution in [2.75, 3.05) is 54.5 Å². The number of urea groups is 3. The predicted octanol–water partition coefficient (Wildman–Crippen LogP) is -0.171. The maximum Gasteiger partial charge on any atom is 0.327 e. The number of hydrogen-bond acceptors (Lipinski definition) is 6. The van der Waals surface area contributed by atoms with Gasteiger partial charge in [0.15, 0.2) is 12.3 Å². The van der Waals surface area contributed by atoms with E-state index in [0.29, 0.717) is 6.54 Å². The molecule has 3 unspecified atom stereocenters. The molecular weight excluding hydrogens is 384 g/mol. The fourth-order valence-electron chi connectivity index (χ4n) is 4.20. The van der Waals surface area contributed by atoms with Crippen molar-refractivity contribution < 1.29 is 28.7 Å². The molecule has 3 aliphatic rings. The summed E-state index contributed by atoms with van der Waals surface area (Å²) in [4.78, 5) is 59.2. The molecule has 3 fully saturated rings. The van der Waals surface area contributed by atoms with Crippen LogP contribution in [0, 0.1) is 5.92 Å². The number of nitrogens with zero attached hydrogens (tertiary/aromatic N) is 6. The highest BCUT2D eigenvalue weighted by atomic mass is 16.5. The van der Waals surface area contributed by atoms with Crippen LogP contribution in [0.2, 0.25) is 0 Å². The molecule has 3 atom stereocenters. The zero-order valence-electron chi connectivity index (χ0n) is 17.4. The average molecular weight is 412 g/mol. The van der Waals surface area contributed by atoms with Gasteiger partial charge in [-0.15, -0.1) is 0 Å². The van der Waals surface area contributed by atoms with E-state index < -0.39 is 18.4 Å². The van der Waals surface area contributed by atoms with Gasteiger partial charge in [-0.1, -0.05) is 6.92 Å². The molecule has 7 amide bonds. The molecule has 3 heterocycles. The van der Waals surface area contributed by atoms with Gasteiger partial charge in [-0.3, -0.25) is 24.4 Å². The van der Waals surface area contributed by atoms with E-state index in [4.69, 9.17) is 9.47 Å². The number of carbonyl (C=O) groups excluding carboxylic acids is 4. The van der Waals surface area contributed by atoms with Gasteiger partial charge in [0.05, 0.1) is 5.92 Å². The Hall–Kier alpha value is -2.60. The van der Waals surface area contributed by atoms with Gasteiger partial charge in [0.25, 0.3) is 0 Å². The summed E-state index contributed by atoms with van der Waals surface area (Å²) < 4.78 is 10.4. The quantitative estimate of drug-likeness (QED) is 0.575. The average Bonchev–Trinajstić information content (AvgIpc) is 3.11. The molecule has 0 radical (unpaired) electrons. The number of rotatable bonds is 7. The van der Waals surface area contributed by atoms with Crippen molar-refractivity contribution in [3.8, 4) is 0 Å². The van der Waals surface area contributed by atoms with Crippen LogP contribution in [0.3, 0.4) is 0 Å². The largest absolute Gasteiger partial charge is 0.364 e. The van der Waals surface area contributed by atoms with Gasteiger partial charge in [-0.25, -0.2) is 14.4 Å². The number of carbonyl (C=O) groups is 4. The minimum absolute atomic E-state index is 0.00964. The lowest BCUT2D eigenvalue weighted by molar-refractivity contribution is -0.134. The van der Waals surface area contributed by atoms with Crippen LogP contribution in [0.1, 0.15) is 13.8 Å². The summed E-state index contributed by atoms with van der Waals surface area (Å²) >= 11 is 0. The maximum atomic E-state index is 13.2. The summed E-state index contributed by atoms with van der Waals surface area (Å²) in [6.45, 7) is 4.13. The van der Waals surface area contributed by atoms with Crippen LogP contribution in [-0.4, -0.2) is 120 Å². The Kier molecular flexibility index (Phi) is 5.85. The Balaban J connectivity index is 1.92. The van der Waals surface area contributed by atoms with Crippen LogP contribution in [0.25, 0.3) is 0 Å². The van der Waals surface area contributed by atoms with Crippen LogP contribution in [0.5, 0.6) is 0 Å². The smallest absolute Gasteiger partial charge is 0.327 e. The number of likely N-dealkylation sites (N-methyl/N-ethyl adjacent to an activating group) is 1. The molecule has 0 aromatic rings. The van der Waals surface area contributed by atoms with Crippen molar-refractivity contribution >= 4 is 24.0 Å². The van der Waals surface area contributed by atoms with Crippen molar-refractivity contribution in [1.29, 1.82) is 0 Å². The Bertz CT molecular complexity index is 704. The minimum atomic E-state index is -0.643. The normalized spacial score (nSPS) is 27.7. The Morgan fingerprint density at radius 3 is 1.90 bits per heavy atom. The van der Waals surface area contributed by atoms with Crippen molar-refractivity contribution in [2.45, 2.75) is 26.2 Å². The second-order valence-electron chi connectivity index (χ2n) is 7.37. The van der Waals surface area contributed by atoms with Gasteiger partial charge in [-0.05, 0) is 6.92 Å². The zero-order valence-corrected chi connectivity index (χ0v) is 17.4. The maximum absolute atomic E-state index is 13.2. The van der Waals surface area contributed by atoms with Gasteiger partial charge in [-0.2, -0.15) is 0 Å². The van der Waals surface area contributed by atoms with Crippen LogP contribution in [0.15, 0.2) is 0 Å². The van der Waals surface area contributed by atoms with Crippen LogP contribution in [-0.2, 0) is 14.3 Å². The third kappa shape index (κ3) is 3.25. The molecule has 0 saturated carbocycles. The van der Waals surface area contributed by atoms with Crippen LogP contribution in [0.4, 0.5) is 14.4 Å². The lowest BCUT2D eigenvalue weighted by Gasteiger charge is -2.39. The number of amides is 7. The topological polar surface area (TPSA) is 106 Å². The standard InChI is InChI=1S/C17H28N6O6/c1-6-20-12-13(23(10-29-5)17(27)22(12)9-28-4)21(16(20)26)8-19-7-11(2)14(24)18(3)15(19)25/h11-13H,6-10H2,1-5H3. The van der Waals surface area contributed by atoms with E-state index in [0.717, 1.165) is 4.90 Å². The molecule has 3 rings (SSSR count). The number of methoxy groups -OCH3 is 2. The van der Waals surface area contributed by atoms with Crippen molar-refractivity contribution in [2.24, 2.45) is 5.92 Å². The van der Waals surface area contributed by atoms with Gasteiger partial charge >= 0.3 is 18.1 Å². The number of ether oxygens (including phenoxy) is 2. The molecule has 0 aliphatic carbocycles. The molecule has 3 saturated heterocycles. The highest BCUT2D eigenvalue weighted by Gasteiger charge is 2.59. The first kappa shape index (κ1) is 21.1. The summed E-state index contributed by atoms with van der Waals surface area (Å²) in [5.74, 6) is -0.630. The Morgan fingerprint density at radius 1 is 0.862 bits per heavy atom. The molecule has 0 aromatic carbocycles. The van der Waals surface area contributed by atoms with Crippen molar-refractivity contribution in [3.63, 3.8) is 0 Å². The van der Waals surface area contributed by atoms with E-state index >= 15 is 0 Å². The Labute approximate surface area is 169 Å². The first-order chi connectivity index (χ1) is 13.8. The van der Waals surface area contributed by atoms with Gasteiger partial charge in [0.2, 0.25) is 5.91 Å². The highest BCUT2D eigenvalue weighted by molar-refractivity contribution is 5.97. The summed E-state index contributed by atoms with van der Waals surface area (Å²) in [6.07, 6.45) is -1.21. The fraction of sp³-hybridized carbons (Fsp3) is 0.765. The predicted molar refractivity (Wildman–Crippen MR) is 98.9 cm³/mol. The van der Waals surface area contributed by atoms with Gasteiger partial charge in [0.1, 0.15) is 20.1 Å². The lowest BCUT2D eigenvalue weighted by Crippen LogP contribution is -2.59. The van der Waals surface area contributed by atoms with E-state index in [-0.39, 0.29) is 50.6 Å². The molecule has 0 N–H and O–H groups in total. The molecular formula is C17H28N6O6. The molecule has 3 aliphatic heterocycles. The molecule has 0 spiro atoms. The second-order valence-corrected chi connectivity index (χ2v) is 7.37. The summed E-state index contributed by atoms with van der Waals surface area (Å²) in [7, 11) is 4.38. The van der Waals surface area contributed by atoms with Crippen molar-refractivity contribution in [3.05, 3.63) is 0 Å². The minimum Gasteiger partial charge on any atom is -0.364 e. The summed E-state index contributed by atoms with van der Waals surface area (Å²) in [5, 5.41) is 0. The summed E-state index contributed by atoms with van der Waals surface area (Å²) in [6, 6.07) is -1.08. The number of imide groups is 1. The molecule has 0 bridgehead atoms. The van der Waals surface area contributed by atoms with E-state index in [2.05, 4.69) is 0 Å². The summed E-state index contributed by atoms with van der Waals surface area (Å²) in [5.41, 5.74) is 0. The molecule has 0 aromatic heterocycles.